The summed E-state index contributed by atoms with van der Waals surface area (Å²) in [6.07, 6.45) is 3.04. The first kappa shape index (κ1) is 13.2. The van der Waals surface area contributed by atoms with Gasteiger partial charge in [-0.2, -0.15) is 0 Å². The maximum atomic E-state index is 5.50. The van der Waals surface area contributed by atoms with Gasteiger partial charge in [0.1, 0.15) is 5.76 Å². The van der Waals surface area contributed by atoms with Gasteiger partial charge in [0.05, 0.1) is 12.8 Å². The molecular formula is C15H25N3O. The zero-order chi connectivity index (χ0) is 13.3. The van der Waals surface area contributed by atoms with E-state index in [1.54, 1.807) is 6.26 Å². The van der Waals surface area contributed by atoms with Crippen molar-refractivity contribution in [1.29, 1.82) is 0 Å². The Labute approximate surface area is 115 Å². The lowest BCUT2D eigenvalue weighted by Crippen LogP contribution is -2.56. The first-order valence-electron chi connectivity index (χ1n) is 7.40. The van der Waals surface area contributed by atoms with Gasteiger partial charge in [-0.25, -0.2) is 0 Å². The topological polar surface area (TPSA) is 31.6 Å². The lowest BCUT2D eigenvalue weighted by Gasteiger charge is -2.43. The molecule has 0 radical (unpaired) electrons. The average Bonchev–Trinajstić information content (AvgIpc) is 3.00. The molecule has 0 amide bonds. The van der Waals surface area contributed by atoms with Gasteiger partial charge in [0.2, 0.25) is 0 Å². The van der Waals surface area contributed by atoms with E-state index in [9.17, 15) is 0 Å². The standard InChI is InChI=1S/C15H25N3O/c1-15(2)14(17-9-6-16-7-10-17)5-8-18(15)12-13-4-3-11-19-13/h3-4,11,14,16H,5-10,12H2,1-2H3. The van der Waals surface area contributed by atoms with E-state index in [2.05, 4.69) is 35.0 Å². The van der Waals surface area contributed by atoms with Crippen LogP contribution in [0.15, 0.2) is 22.8 Å². The summed E-state index contributed by atoms with van der Waals surface area (Å²) in [6.45, 7) is 11.5. The zero-order valence-corrected chi connectivity index (χ0v) is 12.1. The maximum Gasteiger partial charge on any atom is 0.117 e. The van der Waals surface area contributed by atoms with Gasteiger partial charge in [-0.15, -0.1) is 0 Å². The summed E-state index contributed by atoms with van der Waals surface area (Å²) < 4.78 is 5.50. The Balaban J connectivity index is 1.68. The fourth-order valence-corrected chi connectivity index (χ4v) is 3.63. The van der Waals surface area contributed by atoms with Gasteiger partial charge >= 0.3 is 0 Å². The predicted octanol–water partition coefficient (Wildman–Crippen LogP) is 1.54. The van der Waals surface area contributed by atoms with Crippen molar-refractivity contribution in [3.8, 4) is 0 Å². The van der Waals surface area contributed by atoms with Crippen LogP contribution in [-0.4, -0.2) is 54.1 Å². The van der Waals surface area contributed by atoms with Crippen LogP contribution in [0, 0.1) is 0 Å². The van der Waals surface area contributed by atoms with E-state index in [0.717, 1.165) is 25.4 Å². The van der Waals surface area contributed by atoms with E-state index < -0.39 is 0 Å². The van der Waals surface area contributed by atoms with Crippen LogP contribution in [-0.2, 0) is 6.54 Å². The molecule has 1 atom stereocenters. The highest BCUT2D eigenvalue weighted by molar-refractivity contribution is 5.05. The minimum Gasteiger partial charge on any atom is -0.468 e. The Morgan fingerprint density at radius 2 is 2.11 bits per heavy atom. The molecule has 1 N–H and O–H groups in total. The van der Waals surface area contributed by atoms with Crippen LogP contribution in [0.3, 0.4) is 0 Å². The summed E-state index contributed by atoms with van der Waals surface area (Å²) >= 11 is 0. The summed E-state index contributed by atoms with van der Waals surface area (Å²) in [7, 11) is 0. The number of nitrogens with one attached hydrogen (secondary N) is 1. The third kappa shape index (κ3) is 2.57. The second-order valence-electron chi connectivity index (χ2n) is 6.25. The Morgan fingerprint density at radius 1 is 1.32 bits per heavy atom. The predicted molar refractivity (Wildman–Crippen MR) is 76.0 cm³/mol. The van der Waals surface area contributed by atoms with Crippen molar-refractivity contribution in [2.75, 3.05) is 32.7 Å². The minimum absolute atomic E-state index is 0.226. The van der Waals surface area contributed by atoms with Crippen molar-refractivity contribution >= 4 is 0 Å². The van der Waals surface area contributed by atoms with Gasteiger partial charge in [0, 0.05) is 44.3 Å². The fraction of sp³-hybridized carbons (Fsp3) is 0.733. The molecule has 0 saturated carbocycles. The average molecular weight is 263 g/mol. The molecular weight excluding hydrogens is 238 g/mol. The highest BCUT2D eigenvalue weighted by atomic mass is 16.3. The number of hydrogen-bond donors (Lipinski definition) is 1. The van der Waals surface area contributed by atoms with Crippen LogP contribution >= 0.6 is 0 Å². The normalized spacial score (nSPS) is 28.8. The highest BCUT2D eigenvalue weighted by Crippen LogP contribution is 2.34. The molecule has 0 bridgehead atoms. The first-order valence-corrected chi connectivity index (χ1v) is 7.40. The molecule has 3 heterocycles. The van der Waals surface area contributed by atoms with E-state index >= 15 is 0 Å². The summed E-state index contributed by atoms with van der Waals surface area (Å²) in [5.74, 6) is 1.08. The highest BCUT2D eigenvalue weighted by Gasteiger charge is 2.44. The van der Waals surface area contributed by atoms with Crippen LogP contribution in [0.4, 0.5) is 0 Å². The molecule has 0 spiro atoms. The summed E-state index contributed by atoms with van der Waals surface area (Å²) in [5, 5.41) is 3.44. The van der Waals surface area contributed by atoms with Gasteiger partial charge in [0.25, 0.3) is 0 Å². The molecule has 2 aliphatic heterocycles. The Kier molecular flexibility index (Phi) is 3.65. The SMILES string of the molecule is CC1(C)C(N2CCNCC2)CCN1Cc1ccco1. The van der Waals surface area contributed by atoms with Gasteiger partial charge in [-0.1, -0.05) is 0 Å². The molecule has 3 rings (SSSR count). The summed E-state index contributed by atoms with van der Waals surface area (Å²) in [6, 6.07) is 4.73. The summed E-state index contributed by atoms with van der Waals surface area (Å²) in [5.41, 5.74) is 0.226. The first-order chi connectivity index (χ1) is 9.18. The Morgan fingerprint density at radius 3 is 2.79 bits per heavy atom. The number of likely N-dealkylation sites (tertiary alicyclic amines) is 1. The monoisotopic (exact) mass is 263 g/mol. The molecule has 0 aliphatic carbocycles. The molecule has 1 unspecified atom stereocenters. The Bertz CT molecular complexity index is 396. The minimum atomic E-state index is 0.226. The lowest BCUT2D eigenvalue weighted by molar-refractivity contribution is 0.0648. The van der Waals surface area contributed by atoms with Crippen molar-refractivity contribution in [2.45, 2.75) is 38.4 Å². The second kappa shape index (κ2) is 5.27. The smallest absolute Gasteiger partial charge is 0.117 e. The Hall–Kier alpha value is -0.840. The van der Waals surface area contributed by atoms with Crippen LogP contribution in [0.1, 0.15) is 26.0 Å². The number of hydrogen-bond acceptors (Lipinski definition) is 4. The van der Waals surface area contributed by atoms with E-state index in [1.165, 1.54) is 26.1 Å². The van der Waals surface area contributed by atoms with Crippen molar-refractivity contribution in [2.24, 2.45) is 0 Å². The van der Waals surface area contributed by atoms with Gasteiger partial charge in [-0.3, -0.25) is 9.80 Å². The zero-order valence-electron chi connectivity index (χ0n) is 12.1. The van der Waals surface area contributed by atoms with Gasteiger partial charge in [0.15, 0.2) is 0 Å². The molecule has 1 aromatic rings. The van der Waals surface area contributed by atoms with Crippen molar-refractivity contribution in [1.82, 2.24) is 15.1 Å². The number of rotatable bonds is 3. The van der Waals surface area contributed by atoms with E-state index in [0.29, 0.717) is 6.04 Å². The van der Waals surface area contributed by atoms with Gasteiger partial charge in [-0.05, 0) is 32.4 Å². The molecule has 4 nitrogen and oxygen atoms in total. The molecule has 19 heavy (non-hydrogen) atoms. The van der Waals surface area contributed by atoms with E-state index in [4.69, 9.17) is 4.42 Å². The molecule has 2 fully saturated rings. The third-order valence-corrected chi connectivity index (χ3v) is 4.82. The van der Waals surface area contributed by atoms with Crippen molar-refractivity contribution in [3.63, 3.8) is 0 Å². The molecule has 2 saturated heterocycles. The van der Waals surface area contributed by atoms with Crippen LogP contribution in [0.25, 0.3) is 0 Å². The van der Waals surface area contributed by atoms with Crippen LogP contribution in [0.2, 0.25) is 0 Å². The number of piperazine rings is 1. The molecule has 0 aromatic carbocycles. The lowest BCUT2D eigenvalue weighted by atomic mass is 9.93. The molecule has 4 heteroatoms. The fourth-order valence-electron chi connectivity index (χ4n) is 3.63. The largest absolute Gasteiger partial charge is 0.468 e. The van der Waals surface area contributed by atoms with Gasteiger partial charge < -0.3 is 9.73 Å². The molecule has 106 valence electrons. The van der Waals surface area contributed by atoms with E-state index in [1.807, 2.05) is 6.07 Å². The number of furan rings is 1. The van der Waals surface area contributed by atoms with Crippen LogP contribution in [0.5, 0.6) is 0 Å². The maximum absolute atomic E-state index is 5.50. The van der Waals surface area contributed by atoms with Crippen molar-refractivity contribution in [3.05, 3.63) is 24.2 Å². The third-order valence-electron chi connectivity index (χ3n) is 4.82. The van der Waals surface area contributed by atoms with Crippen molar-refractivity contribution < 1.29 is 4.42 Å². The van der Waals surface area contributed by atoms with E-state index in [-0.39, 0.29) is 5.54 Å². The summed E-state index contributed by atoms with van der Waals surface area (Å²) in [4.78, 5) is 5.23. The molecule has 2 aliphatic rings. The number of nitrogens with zero attached hydrogens (tertiary/aromatic N) is 2. The second-order valence-corrected chi connectivity index (χ2v) is 6.25. The van der Waals surface area contributed by atoms with Crippen LogP contribution < -0.4 is 5.32 Å². The molecule has 1 aromatic heterocycles. The quantitative estimate of drug-likeness (QED) is 0.896.